The van der Waals surface area contributed by atoms with E-state index in [2.05, 4.69) is 53.8 Å². The highest BCUT2D eigenvalue weighted by molar-refractivity contribution is 9.10. The topological polar surface area (TPSA) is 47.6 Å². The Bertz CT molecular complexity index is 842. The summed E-state index contributed by atoms with van der Waals surface area (Å²) in [7, 11) is 1.73. The van der Waals surface area contributed by atoms with Crippen LogP contribution in [0.1, 0.15) is 56.7 Å². The number of aryl methyl sites for hydroxylation is 2. The number of amides is 1. The predicted octanol–water partition coefficient (Wildman–Crippen LogP) is 5.28. The van der Waals surface area contributed by atoms with Crippen molar-refractivity contribution in [3.8, 4) is 0 Å². The van der Waals surface area contributed by atoms with E-state index in [9.17, 15) is 4.79 Å². The first kappa shape index (κ1) is 21.1. The Morgan fingerprint density at radius 3 is 2.71 bits per heavy atom. The zero-order chi connectivity index (χ0) is 20.6. The van der Waals surface area contributed by atoms with Gasteiger partial charge in [-0.05, 0) is 43.4 Å². The van der Waals surface area contributed by atoms with Crippen LogP contribution in [-0.4, -0.2) is 24.7 Å². The molecule has 152 valence electrons. The van der Waals surface area contributed by atoms with Crippen LogP contribution in [0.5, 0.6) is 0 Å². The Kier molecular flexibility index (Phi) is 6.06. The van der Waals surface area contributed by atoms with Crippen LogP contribution in [-0.2, 0) is 20.7 Å². The number of benzene rings is 1. The van der Waals surface area contributed by atoms with Crippen molar-refractivity contribution in [1.29, 1.82) is 0 Å². The third-order valence-electron chi connectivity index (χ3n) is 5.87. The quantitative estimate of drug-likeness (QED) is 0.602. The minimum Gasteiger partial charge on any atom is -0.463 e. The summed E-state index contributed by atoms with van der Waals surface area (Å²) in [5.74, 6) is 1.45. The lowest BCUT2D eigenvalue weighted by atomic mass is 9.90. The smallest absolute Gasteiger partial charge is 0.256 e. The number of methoxy groups -OCH3 is 1. The van der Waals surface area contributed by atoms with Gasteiger partial charge in [0.15, 0.2) is 0 Å². The zero-order valence-corrected chi connectivity index (χ0v) is 19.0. The molecule has 1 fully saturated rings. The maximum absolute atomic E-state index is 13.3. The molecule has 1 aliphatic heterocycles. The van der Waals surface area contributed by atoms with Crippen molar-refractivity contribution in [1.82, 2.24) is 5.32 Å². The second-order valence-corrected chi connectivity index (χ2v) is 9.05. The average molecular weight is 448 g/mol. The number of hydrogen-bond acceptors (Lipinski definition) is 3. The lowest BCUT2D eigenvalue weighted by molar-refractivity contribution is -0.116. The normalized spacial score (nSPS) is 24.4. The van der Waals surface area contributed by atoms with Crippen molar-refractivity contribution in [2.24, 2.45) is 5.92 Å². The average Bonchev–Trinajstić information content (AvgIpc) is 3.16. The first-order chi connectivity index (χ1) is 13.2. The van der Waals surface area contributed by atoms with E-state index in [1.165, 1.54) is 0 Å². The van der Waals surface area contributed by atoms with Gasteiger partial charge in [0.05, 0.1) is 17.4 Å². The molecule has 0 saturated heterocycles. The lowest BCUT2D eigenvalue weighted by Gasteiger charge is -2.29. The molecule has 2 atom stereocenters. The lowest BCUT2D eigenvalue weighted by Crippen LogP contribution is -2.43. The third-order valence-corrected chi connectivity index (χ3v) is 6.49. The molecule has 2 aliphatic rings. The highest BCUT2D eigenvalue weighted by atomic mass is 79.9. The first-order valence-electron chi connectivity index (χ1n) is 9.98. The van der Waals surface area contributed by atoms with Gasteiger partial charge in [-0.3, -0.25) is 4.79 Å². The van der Waals surface area contributed by atoms with Crippen molar-refractivity contribution < 1.29 is 14.3 Å². The molecule has 1 aromatic carbocycles. The Morgan fingerprint density at radius 2 is 2.14 bits per heavy atom. The Balaban J connectivity index is 2.21. The molecule has 1 aliphatic carbocycles. The summed E-state index contributed by atoms with van der Waals surface area (Å²) < 4.78 is 12.9. The number of rotatable bonds is 6. The first-order valence-corrected chi connectivity index (χ1v) is 10.8. The molecule has 1 aromatic rings. The maximum atomic E-state index is 13.3. The van der Waals surface area contributed by atoms with E-state index in [1.807, 2.05) is 13.8 Å². The van der Waals surface area contributed by atoms with Crippen molar-refractivity contribution in [2.45, 2.75) is 65.0 Å². The van der Waals surface area contributed by atoms with Gasteiger partial charge in [0.1, 0.15) is 11.3 Å². The van der Waals surface area contributed by atoms with Crippen LogP contribution >= 0.6 is 15.9 Å². The minimum absolute atomic E-state index is 0.0810. The second kappa shape index (κ2) is 8.03. The van der Waals surface area contributed by atoms with E-state index in [4.69, 9.17) is 9.47 Å². The summed E-state index contributed by atoms with van der Waals surface area (Å²) in [4.78, 5) is 13.3. The van der Waals surface area contributed by atoms with Gasteiger partial charge in [-0.15, -0.1) is 0 Å². The number of carbonyl (C=O) groups excluding carboxylic acids is 1. The van der Waals surface area contributed by atoms with E-state index >= 15 is 0 Å². The van der Waals surface area contributed by atoms with Gasteiger partial charge in [-0.1, -0.05) is 49.3 Å². The molecule has 0 unspecified atom stereocenters. The molecule has 5 heteroatoms. The van der Waals surface area contributed by atoms with Gasteiger partial charge in [0.2, 0.25) is 0 Å². The minimum atomic E-state index is -0.528. The summed E-state index contributed by atoms with van der Waals surface area (Å²) in [6, 6.07) is 4.20. The monoisotopic (exact) mass is 447 g/mol. The molecule has 28 heavy (non-hydrogen) atoms. The number of hydrogen-bond donors (Lipinski definition) is 1. The fourth-order valence-electron chi connectivity index (χ4n) is 4.20. The number of halogens is 1. The SMILES string of the molecule is C=C(OC1=C(c2c(Br)cc(C)cc2CC)C(=O)N[C@]12CC[C@@H](OC)C2)C(C)C. The number of carbonyl (C=O) groups is 1. The summed E-state index contributed by atoms with van der Waals surface area (Å²) in [6.45, 7) is 12.4. The Labute approximate surface area is 176 Å². The molecular weight excluding hydrogens is 418 g/mol. The van der Waals surface area contributed by atoms with E-state index < -0.39 is 5.54 Å². The third kappa shape index (κ3) is 3.67. The molecule has 1 N–H and O–H groups in total. The standard InChI is InChI=1S/C23H30BrNO3/c1-7-16-10-14(4)11-18(24)19(16)20-21(28-15(5)13(2)3)23(25-22(20)26)9-8-17(12-23)27-6/h10-11,13,17H,5,7-9,12H2,1-4,6H3,(H,25,26)/t17-,23+/m1/s1. The second-order valence-electron chi connectivity index (χ2n) is 8.20. The van der Waals surface area contributed by atoms with Gasteiger partial charge in [0.25, 0.3) is 5.91 Å². The maximum Gasteiger partial charge on any atom is 0.256 e. The Morgan fingerprint density at radius 1 is 1.43 bits per heavy atom. The molecule has 0 radical (unpaired) electrons. The zero-order valence-electron chi connectivity index (χ0n) is 17.4. The fourth-order valence-corrected chi connectivity index (χ4v) is 5.01. The highest BCUT2D eigenvalue weighted by Gasteiger charge is 2.52. The van der Waals surface area contributed by atoms with Crippen molar-refractivity contribution in [2.75, 3.05) is 7.11 Å². The number of nitrogens with one attached hydrogen (secondary N) is 1. The van der Waals surface area contributed by atoms with Crippen LogP contribution in [0, 0.1) is 12.8 Å². The van der Waals surface area contributed by atoms with Gasteiger partial charge < -0.3 is 14.8 Å². The van der Waals surface area contributed by atoms with Crippen molar-refractivity contribution in [3.05, 3.63) is 51.4 Å². The van der Waals surface area contributed by atoms with Gasteiger partial charge >= 0.3 is 0 Å². The number of allylic oxidation sites excluding steroid dienone is 1. The summed E-state index contributed by atoms with van der Waals surface area (Å²) in [6.07, 6.45) is 3.34. The predicted molar refractivity (Wildman–Crippen MR) is 116 cm³/mol. The van der Waals surface area contributed by atoms with E-state index in [-0.39, 0.29) is 17.9 Å². The summed E-state index contributed by atoms with van der Waals surface area (Å²) >= 11 is 3.70. The van der Waals surface area contributed by atoms with Gasteiger partial charge in [-0.2, -0.15) is 0 Å². The van der Waals surface area contributed by atoms with Crippen LogP contribution in [0.25, 0.3) is 5.57 Å². The van der Waals surface area contributed by atoms with E-state index in [0.29, 0.717) is 23.5 Å². The summed E-state index contributed by atoms with van der Waals surface area (Å²) in [5.41, 5.74) is 3.32. The van der Waals surface area contributed by atoms with Gasteiger partial charge in [0, 0.05) is 29.5 Å². The molecular formula is C23H30BrNO3. The molecule has 3 rings (SSSR count). The number of ether oxygens (including phenoxy) is 2. The molecule has 4 nitrogen and oxygen atoms in total. The van der Waals surface area contributed by atoms with Crippen LogP contribution < -0.4 is 5.32 Å². The van der Waals surface area contributed by atoms with E-state index in [0.717, 1.165) is 40.4 Å². The van der Waals surface area contributed by atoms with E-state index in [1.54, 1.807) is 7.11 Å². The largest absolute Gasteiger partial charge is 0.463 e. The molecule has 1 saturated carbocycles. The molecule has 0 aromatic heterocycles. The van der Waals surface area contributed by atoms with Crippen LogP contribution in [0.3, 0.4) is 0 Å². The van der Waals surface area contributed by atoms with Crippen LogP contribution in [0.15, 0.2) is 34.7 Å². The highest BCUT2D eigenvalue weighted by Crippen LogP contribution is 2.47. The van der Waals surface area contributed by atoms with Gasteiger partial charge in [-0.25, -0.2) is 0 Å². The van der Waals surface area contributed by atoms with Crippen LogP contribution in [0.4, 0.5) is 0 Å². The summed E-state index contributed by atoms with van der Waals surface area (Å²) in [5, 5.41) is 3.25. The fraction of sp³-hybridized carbons (Fsp3) is 0.522. The van der Waals surface area contributed by atoms with Crippen molar-refractivity contribution in [3.63, 3.8) is 0 Å². The van der Waals surface area contributed by atoms with Crippen molar-refractivity contribution >= 4 is 27.4 Å². The molecule has 1 amide bonds. The molecule has 0 bridgehead atoms. The molecule has 1 heterocycles. The molecule has 1 spiro atoms. The Hall–Kier alpha value is -1.59. The van der Waals surface area contributed by atoms with Crippen LogP contribution in [0.2, 0.25) is 0 Å².